The molecule has 3 nitrogen and oxygen atoms in total. The summed E-state index contributed by atoms with van der Waals surface area (Å²) >= 11 is 0. The van der Waals surface area contributed by atoms with Crippen molar-refractivity contribution in [3.05, 3.63) is 6.92 Å². The van der Waals surface area contributed by atoms with E-state index in [0.29, 0.717) is 6.54 Å². The van der Waals surface area contributed by atoms with E-state index in [1.54, 1.807) is 7.05 Å². The van der Waals surface area contributed by atoms with Crippen LogP contribution in [0, 0.1) is 6.92 Å². The van der Waals surface area contributed by atoms with Crippen molar-refractivity contribution in [1.82, 2.24) is 4.90 Å². The van der Waals surface area contributed by atoms with Gasteiger partial charge in [-0.2, -0.15) is 0 Å². The van der Waals surface area contributed by atoms with Crippen molar-refractivity contribution in [2.75, 3.05) is 13.6 Å². The molecular weight excluding hydrogens is 246 g/mol. The molecule has 0 rings (SSSR count). The van der Waals surface area contributed by atoms with Gasteiger partial charge in [-0.05, 0) is 20.8 Å². The van der Waals surface area contributed by atoms with Crippen LogP contribution in [0.4, 0.5) is 4.79 Å². The summed E-state index contributed by atoms with van der Waals surface area (Å²) in [6.07, 6.45) is -0.326. The van der Waals surface area contributed by atoms with Gasteiger partial charge in [-0.1, -0.05) is 0 Å². The number of carbonyl (C=O) groups excluding carboxylic acids is 1. The molecule has 0 aromatic rings. The van der Waals surface area contributed by atoms with E-state index in [0.717, 1.165) is 0 Å². The van der Waals surface area contributed by atoms with Gasteiger partial charge >= 0.3 is 29.1 Å². The third kappa shape index (κ3) is 10.4. The van der Waals surface area contributed by atoms with Gasteiger partial charge in [0.05, 0.1) is 0 Å². The Morgan fingerprint density at radius 1 is 1.46 bits per heavy atom. The van der Waals surface area contributed by atoms with Gasteiger partial charge in [0.25, 0.3) is 0 Å². The second-order valence-corrected chi connectivity index (χ2v) is 3.40. The molecule has 0 aliphatic rings. The molecule has 0 aliphatic carbocycles. The molecule has 0 spiro atoms. The van der Waals surface area contributed by atoms with E-state index in [2.05, 4.69) is 6.92 Å². The first-order valence-electron chi connectivity index (χ1n) is 3.60. The number of hydrogen-bond acceptors (Lipinski definition) is 2. The zero-order valence-corrected chi connectivity index (χ0v) is 11.8. The molecule has 0 saturated carbocycles. The summed E-state index contributed by atoms with van der Waals surface area (Å²) in [5, 5.41) is 0. The van der Waals surface area contributed by atoms with E-state index < -0.39 is 5.60 Å². The van der Waals surface area contributed by atoms with Gasteiger partial charge in [0.2, 0.25) is 0 Å². The average molecular weight is 262 g/mol. The molecule has 74 valence electrons. The van der Waals surface area contributed by atoms with Gasteiger partial charge in [0.15, 0.2) is 0 Å². The Balaban J connectivity index is -0.000000500. The number of hydrogen-bond donors (Lipinski definition) is 0. The van der Waals surface area contributed by atoms with E-state index in [4.69, 9.17) is 4.74 Å². The second-order valence-electron chi connectivity index (χ2n) is 3.40. The fourth-order valence-electron chi connectivity index (χ4n) is 0.431. The van der Waals surface area contributed by atoms with Crippen LogP contribution in [0.3, 0.4) is 0 Å². The normalized spacial score (nSPS) is 9.31. The van der Waals surface area contributed by atoms with Crippen LogP contribution >= 0.6 is 0 Å². The molecule has 5 heteroatoms. The van der Waals surface area contributed by atoms with Gasteiger partial charge < -0.3 is 33.5 Å². The summed E-state index contributed by atoms with van der Waals surface area (Å²) in [5.41, 5.74) is -0.416. The predicted octanol–water partition coefficient (Wildman–Crippen LogP) is -1.69. The Morgan fingerprint density at radius 2 is 1.85 bits per heavy atom. The van der Waals surface area contributed by atoms with Crippen molar-refractivity contribution in [1.29, 1.82) is 0 Å². The Labute approximate surface area is 107 Å². The number of nitrogens with zero attached hydrogens (tertiary/aromatic N) is 1. The van der Waals surface area contributed by atoms with Crippen molar-refractivity contribution in [3.63, 3.8) is 0 Å². The first kappa shape index (κ1) is 19.1. The molecule has 0 N–H and O–H groups in total. The van der Waals surface area contributed by atoms with Crippen molar-refractivity contribution in [2.45, 2.75) is 26.4 Å². The molecule has 13 heavy (non-hydrogen) atoms. The van der Waals surface area contributed by atoms with E-state index in [1.807, 2.05) is 20.8 Å². The Bertz CT molecular complexity index is 148. The number of rotatable bonds is 1. The third-order valence-corrected chi connectivity index (χ3v) is 1.04. The summed E-state index contributed by atoms with van der Waals surface area (Å²) in [6.45, 7) is 9.49. The fourth-order valence-corrected chi connectivity index (χ4v) is 0.431. The molecule has 0 saturated heterocycles. The predicted molar refractivity (Wildman–Crippen MR) is 50.0 cm³/mol. The minimum Gasteiger partial charge on any atom is -1.00 e. The molecule has 0 aromatic carbocycles. The molecule has 0 bridgehead atoms. The Kier molecular flexibility index (Phi) is 11.6. The molecule has 0 aliphatic heterocycles. The van der Waals surface area contributed by atoms with Gasteiger partial charge in [0.1, 0.15) is 5.60 Å². The van der Waals surface area contributed by atoms with Gasteiger partial charge in [-0.3, -0.25) is 0 Å². The second kappa shape index (κ2) is 7.88. The van der Waals surface area contributed by atoms with Crippen LogP contribution in [0.15, 0.2) is 0 Å². The van der Waals surface area contributed by atoms with E-state index >= 15 is 0 Å². The molecule has 0 atom stereocenters. The van der Waals surface area contributed by atoms with Crippen molar-refractivity contribution < 1.29 is 26.5 Å². The van der Waals surface area contributed by atoms with E-state index in [1.165, 1.54) is 4.90 Å². The number of ether oxygens (including phenoxy) is 1. The summed E-state index contributed by atoms with van der Waals surface area (Å²) in [7, 11) is 1.65. The zero-order valence-electron chi connectivity index (χ0n) is 8.76. The maximum absolute atomic E-state index is 11.1. The summed E-state index contributed by atoms with van der Waals surface area (Å²) in [6, 6.07) is 0. The first-order valence-corrected chi connectivity index (χ1v) is 3.60. The largest absolute Gasteiger partial charge is 2.00 e. The van der Waals surface area contributed by atoms with E-state index in [-0.39, 0.29) is 46.1 Å². The summed E-state index contributed by atoms with van der Waals surface area (Å²) in [5.74, 6) is 0. The smallest absolute Gasteiger partial charge is 1.00 e. The number of carbonyl (C=O) groups is 1. The van der Waals surface area contributed by atoms with Crippen molar-refractivity contribution >= 4 is 29.1 Å². The van der Waals surface area contributed by atoms with Crippen molar-refractivity contribution in [3.8, 4) is 0 Å². The molecule has 0 fully saturated rings. The van der Waals surface area contributed by atoms with Crippen LogP contribution in [0.25, 0.3) is 0 Å². The molecule has 0 radical (unpaired) electrons. The minimum absolute atomic E-state index is 0. The summed E-state index contributed by atoms with van der Waals surface area (Å²) < 4.78 is 5.04. The average Bonchev–Trinajstić information content (AvgIpc) is 1.82. The standard InChI is InChI=1S/C8H16NO2.BrH.Mg/c1-6-9(5)7(10)11-8(2,3)4;;/h1,6H2,2-5H3;1H;/q-1;;+2/p-1. The molecule has 0 unspecified atom stereocenters. The molecule has 1 amide bonds. The quantitative estimate of drug-likeness (QED) is 0.417. The number of halogens is 1. The molecular formula is C8H16BrMgNO2. The SMILES string of the molecule is [Br-].[CH2-]CN(C)C(=O)OC(C)(C)C.[Mg+2]. The van der Waals surface area contributed by atoms with Crippen LogP contribution in [0.1, 0.15) is 20.8 Å². The number of amides is 1. The first-order chi connectivity index (χ1) is 4.87. The van der Waals surface area contributed by atoms with Crippen LogP contribution < -0.4 is 17.0 Å². The Morgan fingerprint density at radius 3 is 2.08 bits per heavy atom. The van der Waals surface area contributed by atoms with Crippen LogP contribution in [-0.4, -0.2) is 53.2 Å². The fraction of sp³-hybridized carbons (Fsp3) is 0.750. The van der Waals surface area contributed by atoms with Crippen LogP contribution in [0.5, 0.6) is 0 Å². The van der Waals surface area contributed by atoms with Gasteiger partial charge in [-0.25, -0.2) is 4.79 Å². The molecule has 0 aromatic heterocycles. The van der Waals surface area contributed by atoms with Crippen LogP contribution in [0.2, 0.25) is 0 Å². The topological polar surface area (TPSA) is 29.5 Å². The molecule has 0 heterocycles. The minimum atomic E-state index is -0.416. The monoisotopic (exact) mass is 261 g/mol. The third-order valence-electron chi connectivity index (χ3n) is 1.04. The Hall–Kier alpha value is 0.516. The summed E-state index contributed by atoms with van der Waals surface area (Å²) in [4.78, 5) is 12.5. The van der Waals surface area contributed by atoms with Crippen molar-refractivity contribution in [2.24, 2.45) is 0 Å². The van der Waals surface area contributed by atoms with Gasteiger partial charge in [0, 0.05) is 7.05 Å². The maximum Gasteiger partial charge on any atom is 2.00 e. The van der Waals surface area contributed by atoms with Crippen LogP contribution in [-0.2, 0) is 4.74 Å². The van der Waals surface area contributed by atoms with E-state index in [9.17, 15) is 4.79 Å². The zero-order chi connectivity index (χ0) is 9.07. The van der Waals surface area contributed by atoms with Gasteiger partial charge in [-0.15, -0.1) is 6.54 Å². The maximum atomic E-state index is 11.1.